The van der Waals surface area contributed by atoms with E-state index in [4.69, 9.17) is 4.42 Å². The lowest BCUT2D eigenvalue weighted by Gasteiger charge is -2.30. The molecular formula is C13H20N2O4S. The topological polar surface area (TPSA) is 79.6 Å². The van der Waals surface area contributed by atoms with Gasteiger partial charge < -0.3 is 9.73 Å². The molecule has 0 aliphatic carbocycles. The summed E-state index contributed by atoms with van der Waals surface area (Å²) in [6, 6.07) is 1.73. The number of nitrogens with zero attached hydrogens (tertiary/aromatic N) is 1. The van der Waals surface area contributed by atoms with Gasteiger partial charge in [0.25, 0.3) is 5.91 Å². The minimum atomic E-state index is -3.13. The van der Waals surface area contributed by atoms with Gasteiger partial charge in [0.15, 0.2) is 0 Å². The summed E-state index contributed by atoms with van der Waals surface area (Å²) in [6.45, 7) is 4.46. The van der Waals surface area contributed by atoms with Gasteiger partial charge in [-0.15, -0.1) is 0 Å². The minimum absolute atomic E-state index is 0.00936. The van der Waals surface area contributed by atoms with Crippen molar-refractivity contribution in [1.82, 2.24) is 9.62 Å². The predicted molar refractivity (Wildman–Crippen MR) is 75.1 cm³/mol. The number of furan rings is 1. The predicted octanol–water partition coefficient (Wildman–Crippen LogP) is 1.05. The van der Waals surface area contributed by atoms with Crippen LogP contribution in [0.15, 0.2) is 10.5 Å². The molecule has 1 N–H and O–H groups in total. The number of hydrogen-bond acceptors (Lipinski definition) is 4. The Labute approximate surface area is 119 Å². The number of aryl methyl sites for hydroxylation is 2. The molecule has 0 atom stereocenters. The summed E-state index contributed by atoms with van der Waals surface area (Å²) >= 11 is 0. The van der Waals surface area contributed by atoms with E-state index in [2.05, 4.69) is 5.32 Å². The van der Waals surface area contributed by atoms with E-state index >= 15 is 0 Å². The monoisotopic (exact) mass is 300 g/mol. The van der Waals surface area contributed by atoms with Crippen LogP contribution in [-0.4, -0.2) is 44.0 Å². The summed E-state index contributed by atoms with van der Waals surface area (Å²) in [7, 11) is -3.13. The molecule has 0 saturated carbocycles. The Balaban J connectivity index is 1.93. The lowest BCUT2D eigenvalue weighted by molar-refractivity contribution is 0.0922. The zero-order valence-corrected chi connectivity index (χ0v) is 12.8. The summed E-state index contributed by atoms with van der Waals surface area (Å²) < 4.78 is 29.6. The zero-order chi connectivity index (χ0) is 14.9. The smallest absolute Gasteiger partial charge is 0.255 e. The van der Waals surface area contributed by atoms with Crippen molar-refractivity contribution in [3.63, 3.8) is 0 Å². The third-order valence-corrected chi connectivity index (χ3v) is 4.85. The van der Waals surface area contributed by atoms with Crippen molar-refractivity contribution in [1.29, 1.82) is 0 Å². The summed E-state index contributed by atoms with van der Waals surface area (Å²) in [6.07, 6.45) is 2.48. The third-order valence-electron chi connectivity index (χ3n) is 3.54. The summed E-state index contributed by atoms with van der Waals surface area (Å²) in [5.74, 6) is 1.16. The van der Waals surface area contributed by atoms with Crippen LogP contribution in [0.1, 0.15) is 34.7 Å². The number of nitrogens with one attached hydrogen (secondary N) is 1. The number of sulfonamides is 1. The quantitative estimate of drug-likeness (QED) is 0.905. The van der Waals surface area contributed by atoms with Crippen LogP contribution in [0.3, 0.4) is 0 Å². The zero-order valence-electron chi connectivity index (χ0n) is 12.0. The highest BCUT2D eigenvalue weighted by Gasteiger charge is 2.26. The van der Waals surface area contributed by atoms with E-state index in [1.165, 1.54) is 10.6 Å². The molecule has 1 saturated heterocycles. The number of carbonyl (C=O) groups excluding carboxylic acids is 1. The van der Waals surface area contributed by atoms with Gasteiger partial charge in [-0.3, -0.25) is 4.79 Å². The largest absolute Gasteiger partial charge is 0.466 e. The van der Waals surface area contributed by atoms with E-state index < -0.39 is 10.0 Å². The van der Waals surface area contributed by atoms with Gasteiger partial charge in [-0.2, -0.15) is 0 Å². The number of piperidine rings is 1. The van der Waals surface area contributed by atoms with E-state index in [0.717, 1.165) is 0 Å². The van der Waals surface area contributed by atoms with E-state index in [9.17, 15) is 13.2 Å². The Bertz CT molecular complexity index is 598. The normalized spacial score (nSPS) is 18.1. The van der Waals surface area contributed by atoms with Crippen LogP contribution in [0.25, 0.3) is 0 Å². The fourth-order valence-corrected chi connectivity index (χ4v) is 3.33. The summed E-state index contributed by atoms with van der Waals surface area (Å²) in [5, 5.41) is 2.94. The maximum absolute atomic E-state index is 12.1. The molecule has 0 unspecified atom stereocenters. The van der Waals surface area contributed by atoms with E-state index in [0.29, 0.717) is 43.0 Å². The molecule has 1 aliphatic heterocycles. The van der Waals surface area contributed by atoms with Crippen LogP contribution in [0.5, 0.6) is 0 Å². The Morgan fingerprint density at radius 1 is 1.35 bits per heavy atom. The summed E-state index contributed by atoms with van der Waals surface area (Å²) in [5.41, 5.74) is 0.549. The molecule has 1 fully saturated rings. The molecule has 1 amide bonds. The van der Waals surface area contributed by atoms with Gasteiger partial charge in [-0.05, 0) is 32.8 Å². The highest BCUT2D eigenvalue weighted by Crippen LogP contribution is 2.16. The molecule has 0 radical (unpaired) electrons. The average molecular weight is 300 g/mol. The van der Waals surface area contributed by atoms with E-state index in [1.807, 2.05) is 0 Å². The van der Waals surface area contributed by atoms with Crippen LogP contribution in [0.2, 0.25) is 0 Å². The van der Waals surface area contributed by atoms with Gasteiger partial charge in [-0.25, -0.2) is 12.7 Å². The van der Waals surface area contributed by atoms with Crippen molar-refractivity contribution >= 4 is 15.9 Å². The van der Waals surface area contributed by atoms with Gasteiger partial charge in [0.05, 0.1) is 11.8 Å². The van der Waals surface area contributed by atoms with Crippen molar-refractivity contribution in [3.05, 3.63) is 23.2 Å². The van der Waals surface area contributed by atoms with E-state index in [-0.39, 0.29) is 11.9 Å². The van der Waals surface area contributed by atoms with Crippen molar-refractivity contribution in [3.8, 4) is 0 Å². The molecule has 7 heteroatoms. The van der Waals surface area contributed by atoms with Crippen LogP contribution in [-0.2, 0) is 10.0 Å². The number of amides is 1. The first kappa shape index (κ1) is 15.1. The molecule has 1 aliphatic rings. The fraction of sp³-hybridized carbons (Fsp3) is 0.615. The van der Waals surface area contributed by atoms with Crippen LogP contribution < -0.4 is 5.32 Å². The first-order chi connectivity index (χ1) is 9.27. The molecule has 2 rings (SSSR count). The SMILES string of the molecule is Cc1cc(C(=O)NC2CCN(S(C)(=O)=O)CC2)c(C)o1. The minimum Gasteiger partial charge on any atom is -0.466 e. The van der Waals surface area contributed by atoms with Gasteiger partial charge in [0.1, 0.15) is 11.5 Å². The standard InChI is InChI=1S/C13H20N2O4S/c1-9-8-12(10(2)19-9)13(16)14-11-4-6-15(7-5-11)20(3,17)18/h8,11H,4-7H2,1-3H3,(H,14,16). The maximum atomic E-state index is 12.1. The third kappa shape index (κ3) is 3.40. The maximum Gasteiger partial charge on any atom is 0.255 e. The molecule has 6 nitrogen and oxygen atoms in total. The first-order valence-electron chi connectivity index (χ1n) is 6.60. The van der Waals surface area contributed by atoms with Crippen molar-refractivity contribution in [2.24, 2.45) is 0 Å². The molecule has 0 bridgehead atoms. The van der Waals surface area contributed by atoms with Crippen molar-refractivity contribution in [2.45, 2.75) is 32.7 Å². The Hall–Kier alpha value is -1.34. The number of rotatable bonds is 3. The Kier molecular flexibility index (Phi) is 4.19. The molecular weight excluding hydrogens is 280 g/mol. The molecule has 112 valence electrons. The number of hydrogen-bond donors (Lipinski definition) is 1. The Morgan fingerprint density at radius 3 is 2.40 bits per heavy atom. The molecule has 1 aromatic rings. The molecule has 0 spiro atoms. The fourth-order valence-electron chi connectivity index (χ4n) is 2.45. The van der Waals surface area contributed by atoms with Crippen molar-refractivity contribution in [2.75, 3.05) is 19.3 Å². The first-order valence-corrected chi connectivity index (χ1v) is 8.45. The van der Waals surface area contributed by atoms with Gasteiger partial charge in [-0.1, -0.05) is 0 Å². The second-order valence-corrected chi connectivity index (χ2v) is 7.22. The lowest BCUT2D eigenvalue weighted by Crippen LogP contribution is -2.46. The van der Waals surface area contributed by atoms with Gasteiger partial charge in [0, 0.05) is 19.1 Å². The highest BCUT2D eigenvalue weighted by atomic mass is 32.2. The molecule has 2 heterocycles. The second kappa shape index (κ2) is 5.57. The van der Waals surface area contributed by atoms with Crippen molar-refractivity contribution < 1.29 is 17.6 Å². The van der Waals surface area contributed by atoms with Crippen LogP contribution in [0.4, 0.5) is 0 Å². The molecule has 20 heavy (non-hydrogen) atoms. The summed E-state index contributed by atoms with van der Waals surface area (Å²) in [4.78, 5) is 12.1. The van der Waals surface area contributed by atoms with E-state index in [1.54, 1.807) is 19.9 Å². The van der Waals surface area contributed by atoms with Crippen LogP contribution >= 0.6 is 0 Å². The average Bonchev–Trinajstić information content (AvgIpc) is 2.68. The van der Waals surface area contributed by atoms with Gasteiger partial charge in [0.2, 0.25) is 10.0 Å². The second-order valence-electron chi connectivity index (χ2n) is 5.24. The molecule has 1 aromatic heterocycles. The number of carbonyl (C=O) groups is 1. The molecule has 0 aromatic carbocycles. The lowest BCUT2D eigenvalue weighted by atomic mass is 10.1. The van der Waals surface area contributed by atoms with Crippen LogP contribution in [0, 0.1) is 13.8 Å². The highest BCUT2D eigenvalue weighted by molar-refractivity contribution is 7.88. The Morgan fingerprint density at radius 2 is 1.95 bits per heavy atom. The van der Waals surface area contributed by atoms with Gasteiger partial charge >= 0.3 is 0 Å².